The summed E-state index contributed by atoms with van der Waals surface area (Å²) in [6.07, 6.45) is 0.178. The standard InChI is InChI=1S/C17H19NO3/c1-11-8-14(9-12(2)18-11)17(19)13-4-5-15-16(10-13)21-7-3-6-20-15/h4-5,8-10,17,19H,3,6-7H2,1-2H3. The summed E-state index contributed by atoms with van der Waals surface area (Å²) >= 11 is 0. The number of pyridine rings is 1. The molecule has 0 saturated carbocycles. The second-order valence-corrected chi connectivity index (χ2v) is 5.34. The first-order valence-corrected chi connectivity index (χ1v) is 7.16. The molecule has 0 saturated heterocycles. The molecule has 0 radical (unpaired) electrons. The van der Waals surface area contributed by atoms with Crippen molar-refractivity contribution in [3.05, 3.63) is 52.8 Å². The highest BCUT2D eigenvalue weighted by Crippen LogP contribution is 2.34. The van der Waals surface area contributed by atoms with Gasteiger partial charge in [0.2, 0.25) is 0 Å². The normalized spacial score (nSPS) is 15.4. The number of aliphatic hydroxyl groups is 1. The number of nitrogens with zero attached hydrogens (tertiary/aromatic N) is 1. The van der Waals surface area contributed by atoms with Gasteiger partial charge in [0.15, 0.2) is 11.5 Å². The Kier molecular flexibility index (Phi) is 3.80. The fraction of sp³-hybridized carbons (Fsp3) is 0.353. The molecule has 2 aromatic rings. The average Bonchev–Trinajstić information content (AvgIpc) is 2.69. The Morgan fingerprint density at radius 3 is 2.33 bits per heavy atom. The van der Waals surface area contributed by atoms with Crippen molar-refractivity contribution in [1.82, 2.24) is 4.98 Å². The second kappa shape index (κ2) is 5.74. The Bertz CT molecular complexity index is 634. The minimum absolute atomic E-state index is 0.639. The number of rotatable bonds is 2. The number of hydrogen-bond donors (Lipinski definition) is 1. The number of ether oxygens (including phenoxy) is 2. The van der Waals surface area contributed by atoms with Gasteiger partial charge in [-0.3, -0.25) is 4.98 Å². The van der Waals surface area contributed by atoms with E-state index in [-0.39, 0.29) is 0 Å². The molecule has 1 atom stereocenters. The summed E-state index contributed by atoms with van der Waals surface area (Å²) in [4.78, 5) is 4.34. The van der Waals surface area contributed by atoms with Crippen molar-refractivity contribution in [3.63, 3.8) is 0 Å². The molecule has 4 nitrogen and oxygen atoms in total. The third-order valence-corrected chi connectivity index (χ3v) is 3.51. The van der Waals surface area contributed by atoms with E-state index in [0.29, 0.717) is 19.0 Å². The van der Waals surface area contributed by atoms with Crippen LogP contribution in [0.1, 0.15) is 35.0 Å². The zero-order valence-corrected chi connectivity index (χ0v) is 12.3. The van der Waals surface area contributed by atoms with E-state index >= 15 is 0 Å². The summed E-state index contributed by atoms with van der Waals surface area (Å²) in [5.41, 5.74) is 3.44. The van der Waals surface area contributed by atoms with E-state index < -0.39 is 6.10 Å². The smallest absolute Gasteiger partial charge is 0.161 e. The van der Waals surface area contributed by atoms with E-state index in [1.165, 1.54) is 0 Å². The summed E-state index contributed by atoms with van der Waals surface area (Å²) in [5.74, 6) is 1.44. The molecular weight excluding hydrogens is 266 g/mol. The van der Waals surface area contributed by atoms with Crippen LogP contribution < -0.4 is 9.47 Å². The fourth-order valence-electron chi connectivity index (χ4n) is 2.57. The molecule has 0 bridgehead atoms. The number of aryl methyl sites for hydroxylation is 2. The molecule has 0 fully saturated rings. The topological polar surface area (TPSA) is 51.6 Å². The molecule has 4 heteroatoms. The number of aliphatic hydroxyl groups excluding tert-OH is 1. The lowest BCUT2D eigenvalue weighted by atomic mass is 10.0. The van der Waals surface area contributed by atoms with Crippen molar-refractivity contribution >= 4 is 0 Å². The van der Waals surface area contributed by atoms with Crippen molar-refractivity contribution in [2.24, 2.45) is 0 Å². The Morgan fingerprint density at radius 1 is 0.952 bits per heavy atom. The quantitative estimate of drug-likeness (QED) is 0.921. The van der Waals surface area contributed by atoms with Crippen molar-refractivity contribution in [2.45, 2.75) is 26.4 Å². The summed E-state index contributed by atoms with van der Waals surface area (Å²) in [6, 6.07) is 9.40. The van der Waals surface area contributed by atoms with Gasteiger partial charge >= 0.3 is 0 Å². The number of aromatic nitrogens is 1. The minimum Gasteiger partial charge on any atom is -0.490 e. The van der Waals surface area contributed by atoms with Crippen LogP contribution in [0.2, 0.25) is 0 Å². The van der Waals surface area contributed by atoms with Crippen LogP contribution in [-0.2, 0) is 0 Å². The molecule has 21 heavy (non-hydrogen) atoms. The fourth-order valence-corrected chi connectivity index (χ4v) is 2.57. The molecule has 1 aliphatic rings. The molecule has 0 amide bonds. The van der Waals surface area contributed by atoms with Gasteiger partial charge in [-0.1, -0.05) is 6.07 Å². The molecule has 110 valence electrons. The van der Waals surface area contributed by atoms with E-state index in [1.54, 1.807) is 0 Å². The van der Waals surface area contributed by atoms with E-state index in [4.69, 9.17) is 9.47 Å². The highest BCUT2D eigenvalue weighted by atomic mass is 16.5. The zero-order valence-electron chi connectivity index (χ0n) is 12.3. The van der Waals surface area contributed by atoms with Gasteiger partial charge < -0.3 is 14.6 Å². The van der Waals surface area contributed by atoms with E-state index in [0.717, 1.165) is 34.7 Å². The van der Waals surface area contributed by atoms with Crippen LogP contribution in [0.15, 0.2) is 30.3 Å². The van der Waals surface area contributed by atoms with Gasteiger partial charge in [-0.25, -0.2) is 0 Å². The number of fused-ring (bicyclic) bond motifs is 1. The molecule has 2 heterocycles. The molecule has 0 spiro atoms. The lowest BCUT2D eigenvalue weighted by molar-refractivity contribution is 0.219. The Morgan fingerprint density at radius 2 is 1.62 bits per heavy atom. The Labute approximate surface area is 124 Å². The first kappa shape index (κ1) is 13.9. The monoisotopic (exact) mass is 285 g/mol. The van der Waals surface area contributed by atoms with E-state index in [2.05, 4.69) is 4.98 Å². The van der Waals surface area contributed by atoms with Crippen LogP contribution >= 0.6 is 0 Å². The third-order valence-electron chi connectivity index (χ3n) is 3.51. The van der Waals surface area contributed by atoms with Crippen molar-refractivity contribution in [2.75, 3.05) is 13.2 Å². The first-order chi connectivity index (χ1) is 10.1. The highest BCUT2D eigenvalue weighted by Gasteiger charge is 2.16. The summed E-state index contributed by atoms with van der Waals surface area (Å²) in [6.45, 7) is 5.16. The maximum Gasteiger partial charge on any atom is 0.161 e. The van der Waals surface area contributed by atoms with Crippen LogP contribution in [0, 0.1) is 13.8 Å². The van der Waals surface area contributed by atoms with Crippen LogP contribution in [0.25, 0.3) is 0 Å². The van der Waals surface area contributed by atoms with Gasteiger partial charge in [-0.15, -0.1) is 0 Å². The molecule has 1 aromatic heterocycles. The van der Waals surface area contributed by atoms with Gasteiger partial charge in [-0.05, 0) is 49.2 Å². The van der Waals surface area contributed by atoms with Gasteiger partial charge in [0, 0.05) is 17.8 Å². The molecule has 1 aliphatic heterocycles. The minimum atomic E-state index is -0.692. The molecule has 1 N–H and O–H groups in total. The van der Waals surface area contributed by atoms with Crippen molar-refractivity contribution < 1.29 is 14.6 Å². The lowest BCUT2D eigenvalue weighted by Gasteiger charge is -2.15. The van der Waals surface area contributed by atoms with Crippen molar-refractivity contribution in [1.29, 1.82) is 0 Å². The molecular formula is C17H19NO3. The van der Waals surface area contributed by atoms with Crippen LogP contribution in [0.3, 0.4) is 0 Å². The maximum absolute atomic E-state index is 10.6. The molecule has 0 aliphatic carbocycles. The number of benzene rings is 1. The average molecular weight is 285 g/mol. The summed E-state index contributed by atoms with van der Waals surface area (Å²) in [5, 5.41) is 10.6. The number of hydrogen-bond acceptors (Lipinski definition) is 4. The zero-order chi connectivity index (χ0) is 14.8. The SMILES string of the molecule is Cc1cc(C(O)c2ccc3c(c2)OCCCO3)cc(C)n1. The predicted molar refractivity (Wildman–Crippen MR) is 79.8 cm³/mol. The molecule has 1 unspecified atom stereocenters. The van der Waals surface area contributed by atoms with Gasteiger partial charge in [0.05, 0.1) is 13.2 Å². The van der Waals surface area contributed by atoms with E-state index in [9.17, 15) is 5.11 Å². The van der Waals surface area contributed by atoms with E-state index in [1.807, 2.05) is 44.2 Å². The lowest BCUT2D eigenvalue weighted by Crippen LogP contribution is -2.03. The van der Waals surface area contributed by atoms with Crippen molar-refractivity contribution in [3.8, 4) is 11.5 Å². The Hall–Kier alpha value is -2.07. The highest BCUT2D eigenvalue weighted by molar-refractivity contribution is 5.45. The Balaban J connectivity index is 1.94. The van der Waals surface area contributed by atoms with Crippen LogP contribution in [0.4, 0.5) is 0 Å². The third kappa shape index (κ3) is 3.00. The molecule has 1 aromatic carbocycles. The second-order valence-electron chi connectivity index (χ2n) is 5.34. The summed E-state index contributed by atoms with van der Waals surface area (Å²) in [7, 11) is 0. The van der Waals surface area contributed by atoms with Gasteiger partial charge in [-0.2, -0.15) is 0 Å². The van der Waals surface area contributed by atoms with Crippen LogP contribution in [0.5, 0.6) is 11.5 Å². The maximum atomic E-state index is 10.6. The predicted octanol–water partition coefficient (Wildman–Crippen LogP) is 2.94. The summed E-state index contributed by atoms with van der Waals surface area (Å²) < 4.78 is 11.3. The van der Waals surface area contributed by atoms with Gasteiger partial charge in [0.1, 0.15) is 6.10 Å². The van der Waals surface area contributed by atoms with Gasteiger partial charge in [0.25, 0.3) is 0 Å². The molecule has 3 rings (SSSR count). The largest absolute Gasteiger partial charge is 0.490 e. The van der Waals surface area contributed by atoms with Crippen LogP contribution in [-0.4, -0.2) is 23.3 Å². The first-order valence-electron chi connectivity index (χ1n) is 7.16.